The Bertz CT molecular complexity index is 739. The lowest BCUT2D eigenvalue weighted by molar-refractivity contribution is 0.0955. The lowest BCUT2D eigenvalue weighted by Gasteiger charge is -2.22. The van der Waals surface area contributed by atoms with Gasteiger partial charge in [0, 0.05) is 29.1 Å². The summed E-state index contributed by atoms with van der Waals surface area (Å²) in [6.07, 6.45) is 6.63. The van der Waals surface area contributed by atoms with Crippen LogP contribution in [0, 0.1) is 0 Å². The van der Waals surface area contributed by atoms with Gasteiger partial charge in [0.05, 0.1) is 6.21 Å². The first-order valence-electron chi connectivity index (χ1n) is 6.95. The van der Waals surface area contributed by atoms with Gasteiger partial charge >= 0.3 is 0 Å². The fourth-order valence-electron chi connectivity index (χ4n) is 2.14. The summed E-state index contributed by atoms with van der Waals surface area (Å²) in [5.74, 6) is 0.581. The molecule has 22 heavy (non-hydrogen) atoms. The van der Waals surface area contributed by atoms with Crippen LogP contribution >= 0.6 is 0 Å². The van der Waals surface area contributed by atoms with E-state index < -0.39 is 0 Å². The molecule has 5 heteroatoms. The Labute approximate surface area is 128 Å². The highest BCUT2D eigenvalue weighted by molar-refractivity contribution is 5.95. The predicted molar refractivity (Wildman–Crippen MR) is 84.7 cm³/mol. The van der Waals surface area contributed by atoms with E-state index in [0.29, 0.717) is 5.56 Å². The minimum atomic E-state index is -0.274. The first kappa shape index (κ1) is 14.0. The van der Waals surface area contributed by atoms with Crippen molar-refractivity contribution in [1.82, 2.24) is 10.4 Å². The molecule has 3 rings (SSSR count). The number of fused-ring (bicyclic) bond motifs is 1. The van der Waals surface area contributed by atoms with Crippen molar-refractivity contribution in [2.24, 2.45) is 5.10 Å². The Morgan fingerprint density at radius 1 is 1.27 bits per heavy atom. The van der Waals surface area contributed by atoms with E-state index >= 15 is 0 Å². The highest BCUT2D eigenvalue weighted by Gasteiger charge is 2.16. The number of nitrogens with zero attached hydrogens (tertiary/aromatic N) is 2. The van der Waals surface area contributed by atoms with E-state index in [2.05, 4.69) is 15.5 Å². The van der Waals surface area contributed by atoms with Gasteiger partial charge in [-0.25, -0.2) is 5.43 Å². The van der Waals surface area contributed by atoms with Crippen LogP contribution in [0.3, 0.4) is 0 Å². The molecule has 110 valence electrons. The molecule has 0 fully saturated rings. The van der Waals surface area contributed by atoms with Crippen LogP contribution in [-0.4, -0.2) is 23.2 Å². The highest BCUT2D eigenvalue weighted by atomic mass is 16.5. The minimum Gasteiger partial charge on any atom is -0.485 e. The third-order valence-electron chi connectivity index (χ3n) is 3.34. The van der Waals surface area contributed by atoms with E-state index in [4.69, 9.17) is 4.74 Å². The molecule has 0 spiro atoms. The molecule has 1 N–H and O–H groups in total. The van der Waals surface area contributed by atoms with Crippen LogP contribution in [0.1, 0.15) is 22.8 Å². The van der Waals surface area contributed by atoms with Gasteiger partial charge in [-0.3, -0.25) is 9.78 Å². The lowest BCUT2D eigenvalue weighted by Crippen LogP contribution is -2.22. The highest BCUT2D eigenvalue weighted by Crippen LogP contribution is 2.28. The number of carbonyl (C=O) groups is 1. The van der Waals surface area contributed by atoms with Crippen molar-refractivity contribution in [3.63, 3.8) is 0 Å². The smallest absolute Gasteiger partial charge is 0.271 e. The maximum absolute atomic E-state index is 11.9. The van der Waals surface area contributed by atoms with Crippen LogP contribution in [0.25, 0.3) is 6.08 Å². The van der Waals surface area contributed by atoms with Crippen LogP contribution in [-0.2, 0) is 0 Å². The molecule has 5 nitrogen and oxygen atoms in total. The second-order valence-electron chi connectivity index (χ2n) is 4.88. The molecule has 1 unspecified atom stereocenters. The van der Waals surface area contributed by atoms with Crippen molar-refractivity contribution in [1.29, 1.82) is 0 Å². The van der Waals surface area contributed by atoms with Gasteiger partial charge in [-0.2, -0.15) is 5.10 Å². The van der Waals surface area contributed by atoms with Crippen molar-refractivity contribution < 1.29 is 9.53 Å². The van der Waals surface area contributed by atoms with Gasteiger partial charge in [-0.05, 0) is 31.2 Å². The van der Waals surface area contributed by atoms with Gasteiger partial charge in [-0.15, -0.1) is 0 Å². The summed E-state index contributed by atoms with van der Waals surface area (Å²) in [7, 11) is 0. The van der Waals surface area contributed by atoms with Crippen molar-refractivity contribution in [2.75, 3.05) is 0 Å². The summed E-state index contributed by atoms with van der Waals surface area (Å²) in [6, 6.07) is 11.1. The molecule has 1 aliphatic rings. The number of benzene rings is 1. The van der Waals surface area contributed by atoms with Gasteiger partial charge in [0.1, 0.15) is 11.9 Å². The molecule has 2 aromatic rings. The standard InChI is InChI=1S/C17H15N3O2/c1-12-15(10-14-4-2-3-5-16(14)22-12)11-19-20-17(21)13-6-8-18-9-7-13/h2-12H,1H3,(H,20,21)/b19-11+. The molecule has 0 bridgehead atoms. The van der Waals surface area contributed by atoms with Gasteiger partial charge < -0.3 is 4.74 Å². The SMILES string of the molecule is CC1Oc2ccccc2C=C1/C=N/NC(=O)c1ccncc1. The Kier molecular flexibility index (Phi) is 3.96. The van der Waals surface area contributed by atoms with E-state index in [1.807, 2.05) is 37.3 Å². The molecule has 1 atom stereocenters. The van der Waals surface area contributed by atoms with Crippen LogP contribution in [0.15, 0.2) is 59.5 Å². The third kappa shape index (κ3) is 3.03. The molecule has 0 aliphatic carbocycles. The van der Waals surface area contributed by atoms with Crippen molar-refractivity contribution in [2.45, 2.75) is 13.0 Å². The number of nitrogens with one attached hydrogen (secondary N) is 1. The predicted octanol–water partition coefficient (Wildman–Crippen LogP) is 2.66. The fourth-order valence-corrected chi connectivity index (χ4v) is 2.14. The Morgan fingerprint density at radius 2 is 2.05 bits per heavy atom. The molecular formula is C17H15N3O2. The first-order valence-corrected chi connectivity index (χ1v) is 6.95. The number of para-hydroxylation sites is 1. The number of rotatable bonds is 3. The molecule has 1 aromatic carbocycles. The number of hydrogen-bond donors (Lipinski definition) is 1. The number of hydrazone groups is 1. The average molecular weight is 293 g/mol. The average Bonchev–Trinajstić information content (AvgIpc) is 2.56. The van der Waals surface area contributed by atoms with Gasteiger partial charge in [0.25, 0.3) is 5.91 Å². The molecule has 0 saturated carbocycles. The van der Waals surface area contributed by atoms with E-state index in [1.54, 1.807) is 30.7 Å². The summed E-state index contributed by atoms with van der Waals surface area (Å²) < 4.78 is 5.81. The van der Waals surface area contributed by atoms with Crippen molar-refractivity contribution in [3.8, 4) is 5.75 Å². The summed E-state index contributed by atoms with van der Waals surface area (Å²) in [6.45, 7) is 1.94. The van der Waals surface area contributed by atoms with Crippen LogP contribution in [0.2, 0.25) is 0 Å². The summed E-state index contributed by atoms with van der Waals surface area (Å²) in [4.78, 5) is 15.7. The van der Waals surface area contributed by atoms with Crippen molar-refractivity contribution >= 4 is 18.2 Å². The first-order chi connectivity index (χ1) is 10.7. The lowest BCUT2D eigenvalue weighted by atomic mass is 10.0. The molecule has 0 saturated heterocycles. The molecule has 2 heterocycles. The van der Waals surface area contributed by atoms with Crippen LogP contribution < -0.4 is 10.2 Å². The maximum atomic E-state index is 11.9. The van der Waals surface area contributed by atoms with Crippen LogP contribution in [0.4, 0.5) is 0 Å². The normalized spacial score (nSPS) is 16.6. The maximum Gasteiger partial charge on any atom is 0.271 e. The topological polar surface area (TPSA) is 63.6 Å². The van der Waals surface area contributed by atoms with E-state index in [-0.39, 0.29) is 12.0 Å². The Balaban J connectivity index is 1.71. The summed E-state index contributed by atoms with van der Waals surface area (Å²) >= 11 is 0. The number of aromatic nitrogens is 1. The van der Waals surface area contributed by atoms with E-state index in [9.17, 15) is 4.79 Å². The third-order valence-corrected chi connectivity index (χ3v) is 3.34. The summed E-state index contributed by atoms with van der Waals surface area (Å²) in [5, 5.41) is 4.00. The zero-order valence-corrected chi connectivity index (χ0v) is 12.1. The number of amides is 1. The monoisotopic (exact) mass is 293 g/mol. The van der Waals surface area contributed by atoms with E-state index in [0.717, 1.165) is 16.9 Å². The second-order valence-corrected chi connectivity index (χ2v) is 4.88. The number of hydrogen-bond acceptors (Lipinski definition) is 4. The molecule has 1 aliphatic heterocycles. The molecular weight excluding hydrogens is 278 g/mol. The zero-order chi connectivity index (χ0) is 15.4. The fraction of sp³-hybridized carbons (Fsp3) is 0.118. The van der Waals surface area contributed by atoms with Crippen molar-refractivity contribution in [3.05, 3.63) is 65.5 Å². The Morgan fingerprint density at radius 3 is 2.86 bits per heavy atom. The Hall–Kier alpha value is -2.95. The number of carbonyl (C=O) groups excluding carboxylic acids is 1. The van der Waals surface area contributed by atoms with E-state index in [1.165, 1.54) is 0 Å². The number of ether oxygens (including phenoxy) is 1. The number of pyridine rings is 1. The molecule has 1 aromatic heterocycles. The zero-order valence-electron chi connectivity index (χ0n) is 12.1. The largest absolute Gasteiger partial charge is 0.485 e. The summed E-state index contributed by atoms with van der Waals surface area (Å²) in [5.41, 5.74) is 4.91. The minimum absolute atomic E-state index is 0.114. The second kappa shape index (κ2) is 6.22. The van der Waals surface area contributed by atoms with Crippen LogP contribution in [0.5, 0.6) is 5.75 Å². The molecule has 1 amide bonds. The quantitative estimate of drug-likeness (QED) is 0.699. The molecule has 0 radical (unpaired) electrons. The van der Waals surface area contributed by atoms with Gasteiger partial charge in [0.15, 0.2) is 0 Å². The van der Waals surface area contributed by atoms with Gasteiger partial charge in [-0.1, -0.05) is 18.2 Å². The van der Waals surface area contributed by atoms with Gasteiger partial charge in [0.2, 0.25) is 0 Å².